The average Bonchev–Trinajstić information content (AvgIpc) is 2.17. The van der Waals surface area contributed by atoms with Gasteiger partial charge in [-0.1, -0.05) is 0 Å². The number of aromatic nitrogens is 2. The van der Waals surface area contributed by atoms with Gasteiger partial charge in [0.25, 0.3) is 5.92 Å². The third-order valence-corrected chi connectivity index (χ3v) is 2.87. The summed E-state index contributed by atoms with van der Waals surface area (Å²) in [6.45, 7) is 0.687. The molecule has 0 bridgehead atoms. The molecule has 0 saturated carbocycles. The van der Waals surface area contributed by atoms with Crippen molar-refractivity contribution in [1.82, 2.24) is 9.97 Å². The first-order valence-electron chi connectivity index (χ1n) is 4.67. The van der Waals surface area contributed by atoms with Crippen molar-refractivity contribution in [2.24, 2.45) is 0 Å². The Hall–Kier alpha value is -0.780. The Balaban J connectivity index is 2.08. The smallest absolute Gasteiger partial charge is 0.251 e. The van der Waals surface area contributed by atoms with Gasteiger partial charge in [0.15, 0.2) is 0 Å². The zero-order valence-electron chi connectivity index (χ0n) is 7.96. The standard InChI is InChI=1S/C9H10BrF2N3/c10-7-5-8(14-6-13-7)15-3-1-9(11,12)2-4-15/h5-6H,1-4H2. The van der Waals surface area contributed by atoms with E-state index in [0.29, 0.717) is 23.5 Å². The molecular weight excluding hydrogens is 268 g/mol. The molecule has 1 fully saturated rings. The molecule has 0 unspecified atom stereocenters. The van der Waals surface area contributed by atoms with E-state index in [4.69, 9.17) is 0 Å². The van der Waals surface area contributed by atoms with Crippen LogP contribution >= 0.6 is 15.9 Å². The summed E-state index contributed by atoms with van der Waals surface area (Å²) in [5.74, 6) is -1.81. The molecule has 2 rings (SSSR count). The van der Waals surface area contributed by atoms with Gasteiger partial charge in [0, 0.05) is 32.0 Å². The molecule has 1 aromatic rings. The van der Waals surface area contributed by atoms with Gasteiger partial charge in [-0.25, -0.2) is 18.7 Å². The average molecular weight is 278 g/mol. The molecule has 1 aliphatic rings. The Labute approximate surface area is 94.6 Å². The monoisotopic (exact) mass is 277 g/mol. The number of halogens is 3. The van der Waals surface area contributed by atoms with E-state index in [9.17, 15) is 8.78 Å². The Morgan fingerprint density at radius 2 is 1.93 bits per heavy atom. The lowest BCUT2D eigenvalue weighted by atomic mass is 10.1. The maximum absolute atomic E-state index is 12.9. The molecule has 15 heavy (non-hydrogen) atoms. The highest BCUT2D eigenvalue weighted by molar-refractivity contribution is 9.10. The van der Waals surface area contributed by atoms with Crippen molar-refractivity contribution in [3.63, 3.8) is 0 Å². The van der Waals surface area contributed by atoms with E-state index in [1.165, 1.54) is 6.33 Å². The largest absolute Gasteiger partial charge is 0.356 e. The fraction of sp³-hybridized carbons (Fsp3) is 0.556. The van der Waals surface area contributed by atoms with Crippen LogP contribution in [-0.2, 0) is 0 Å². The minimum atomic E-state index is -2.51. The molecule has 1 saturated heterocycles. The maximum Gasteiger partial charge on any atom is 0.251 e. The molecule has 0 amide bonds. The molecule has 82 valence electrons. The van der Waals surface area contributed by atoms with Crippen LogP contribution in [0, 0.1) is 0 Å². The summed E-state index contributed by atoms with van der Waals surface area (Å²) in [6.07, 6.45) is 1.22. The lowest BCUT2D eigenvalue weighted by Gasteiger charge is -2.32. The number of rotatable bonds is 1. The van der Waals surface area contributed by atoms with Crippen LogP contribution in [0.25, 0.3) is 0 Å². The molecule has 3 nitrogen and oxygen atoms in total. The van der Waals surface area contributed by atoms with Gasteiger partial charge in [0.2, 0.25) is 0 Å². The van der Waals surface area contributed by atoms with Crippen molar-refractivity contribution < 1.29 is 8.78 Å². The van der Waals surface area contributed by atoms with Crippen molar-refractivity contribution >= 4 is 21.7 Å². The van der Waals surface area contributed by atoms with Crippen LogP contribution in [-0.4, -0.2) is 29.0 Å². The normalized spacial score (nSPS) is 20.3. The predicted octanol–water partition coefficient (Wildman–Crippen LogP) is 2.47. The van der Waals surface area contributed by atoms with Crippen LogP contribution in [0.2, 0.25) is 0 Å². The highest BCUT2D eigenvalue weighted by Gasteiger charge is 2.34. The van der Waals surface area contributed by atoms with Crippen molar-refractivity contribution in [3.05, 3.63) is 17.0 Å². The highest BCUT2D eigenvalue weighted by atomic mass is 79.9. The van der Waals surface area contributed by atoms with E-state index < -0.39 is 5.92 Å². The number of hydrogen-bond donors (Lipinski definition) is 0. The Bertz CT molecular complexity index is 349. The van der Waals surface area contributed by atoms with Gasteiger partial charge in [-0.05, 0) is 15.9 Å². The zero-order valence-corrected chi connectivity index (χ0v) is 9.54. The van der Waals surface area contributed by atoms with E-state index in [2.05, 4.69) is 25.9 Å². The highest BCUT2D eigenvalue weighted by Crippen LogP contribution is 2.29. The topological polar surface area (TPSA) is 29.0 Å². The van der Waals surface area contributed by atoms with Crippen LogP contribution in [0.3, 0.4) is 0 Å². The SMILES string of the molecule is FC1(F)CCN(c2cc(Br)ncn2)CC1. The van der Waals surface area contributed by atoms with Crippen LogP contribution in [0.15, 0.2) is 17.0 Å². The molecule has 0 aromatic carbocycles. The second-order valence-corrected chi connectivity index (χ2v) is 4.35. The fourth-order valence-electron chi connectivity index (χ4n) is 1.56. The van der Waals surface area contributed by atoms with E-state index in [1.807, 2.05) is 4.90 Å². The summed E-state index contributed by atoms with van der Waals surface area (Å²) in [5.41, 5.74) is 0. The van der Waals surface area contributed by atoms with Crippen molar-refractivity contribution in [2.45, 2.75) is 18.8 Å². The Morgan fingerprint density at radius 1 is 1.27 bits per heavy atom. The number of piperidine rings is 1. The van der Waals surface area contributed by atoms with Crippen LogP contribution in [0.1, 0.15) is 12.8 Å². The molecule has 0 aliphatic carbocycles. The molecule has 1 aliphatic heterocycles. The van der Waals surface area contributed by atoms with Gasteiger partial charge < -0.3 is 4.90 Å². The summed E-state index contributed by atoms with van der Waals surface area (Å²) in [6, 6.07) is 1.74. The van der Waals surface area contributed by atoms with Crippen LogP contribution in [0.5, 0.6) is 0 Å². The first-order chi connectivity index (χ1) is 7.07. The summed E-state index contributed by atoms with van der Waals surface area (Å²) in [5, 5.41) is 0. The number of hydrogen-bond acceptors (Lipinski definition) is 3. The summed E-state index contributed by atoms with van der Waals surface area (Å²) < 4.78 is 26.5. The Morgan fingerprint density at radius 3 is 2.53 bits per heavy atom. The predicted molar refractivity (Wildman–Crippen MR) is 56.1 cm³/mol. The van der Waals surface area contributed by atoms with Crippen molar-refractivity contribution in [1.29, 1.82) is 0 Å². The first kappa shape index (κ1) is 10.7. The number of anilines is 1. The van der Waals surface area contributed by atoms with Gasteiger partial charge in [-0.15, -0.1) is 0 Å². The molecule has 2 heterocycles. The quantitative estimate of drug-likeness (QED) is 0.739. The van der Waals surface area contributed by atoms with Gasteiger partial charge in [-0.3, -0.25) is 0 Å². The van der Waals surface area contributed by atoms with E-state index in [1.54, 1.807) is 6.07 Å². The third-order valence-electron chi connectivity index (χ3n) is 2.44. The molecule has 0 spiro atoms. The van der Waals surface area contributed by atoms with E-state index in [-0.39, 0.29) is 12.8 Å². The summed E-state index contributed by atoms with van der Waals surface area (Å²) in [7, 11) is 0. The van der Waals surface area contributed by atoms with Crippen molar-refractivity contribution in [2.75, 3.05) is 18.0 Å². The molecule has 1 aromatic heterocycles. The van der Waals surface area contributed by atoms with Gasteiger partial charge >= 0.3 is 0 Å². The fourth-order valence-corrected chi connectivity index (χ4v) is 1.86. The summed E-state index contributed by atoms with van der Waals surface area (Å²) in [4.78, 5) is 9.80. The second-order valence-electron chi connectivity index (χ2n) is 3.54. The minimum absolute atomic E-state index is 0.103. The summed E-state index contributed by atoms with van der Waals surface area (Å²) >= 11 is 3.23. The van der Waals surface area contributed by atoms with E-state index >= 15 is 0 Å². The van der Waals surface area contributed by atoms with Gasteiger partial charge in [0.05, 0.1) is 0 Å². The number of alkyl halides is 2. The molecule has 0 N–H and O–H groups in total. The lowest BCUT2D eigenvalue weighted by molar-refractivity contribution is -0.0221. The molecule has 6 heteroatoms. The second kappa shape index (κ2) is 4.00. The molecule has 0 atom stereocenters. The Kier molecular flexibility index (Phi) is 2.86. The molecule has 0 radical (unpaired) electrons. The van der Waals surface area contributed by atoms with E-state index in [0.717, 1.165) is 0 Å². The lowest BCUT2D eigenvalue weighted by Crippen LogP contribution is -2.39. The number of nitrogens with zero attached hydrogens (tertiary/aromatic N) is 3. The van der Waals surface area contributed by atoms with Crippen LogP contribution < -0.4 is 4.90 Å². The molecular formula is C9H10BrF2N3. The minimum Gasteiger partial charge on any atom is -0.356 e. The van der Waals surface area contributed by atoms with Gasteiger partial charge in [-0.2, -0.15) is 0 Å². The third kappa shape index (κ3) is 2.62. The van der Waals surface area contributed by atoms with Crippen LogP contribution in [0.4, 0.5) is 14.6 Å². The van der Waals surface area contributed by atoms with Gasteiger partial charge in [0.1, 0.15) is 16.7 Å². The maximum atomic E-state index is 12.9. The van der Waals surface area contributed by atoms with Crippen molar-refractivity contribution in [3.8, 4) is 0 Å². The zero-order chi connectivity index (χ0) is 10.9. The first-order valence-corrected chi connectivity index (χ1v) is 5.46.